The summed E-state index contributed by atoms with van der Waals surface area (Å²) in [6.07, 6.45) is 0. The second-order valence-corrected chi connectivity index (χ2v) is 2.72. The second kappa shape index (κ2) is 5.66. The molecular weight excluding hydrogens is 172 g/mol. The Balaban J connectivity index is 0.000000354. The molecule has 0 unspecified atom stereocenters. The minimum Gasteiger partial charge on any atom is -0.168 e. The van der Waals surface area contributed by atoms with Crippen LogP contribution in [0.5, 0.6) is 0 Å². The first kappa shape index (κ1) is 11.0. The molecule has 0 spiro atoms. The van der Waals surface area contributed by atoms with Crippen molar-refractivity contribution in [2.75, 3.05) is 0 Å². The first-order valence-corrected chi connectivity index (χ1v) is 4.24. The summed E-state index contributed by atoms with van der Waals surface area (Å²) in [5.74, 6) is 0. The Morgan fingerprint density at radius 2 is 1.33 bits per heavy atom. The lowest BCUT2D eigenvalue weighted by Gasteiger charge is -2.00. The SMILES string of the molecule is Cc1cccc(C)c1C.O=S=O. The van der Waals surface area contributed by atoms with E-state index < -0.39 is 11.6 Å². The van der Waals surface area contributed by atoms with Crippen molar-refractivity contribution in [2.24, 2.45) is 0 Å². The quantitative estimate of drug-likeness (QED) is 0.617. The van der Waals surface area contributed by atoms with E-state index in [-0.39, 0.29) is 0 Å². The predicted octanol–water partition coefficient (Wildman–Crippen LogP) is 1.94. The van der Waals surface area contributed by atoms with Crippen molar-refractivity contribution in [3.05, 3.63) is 34.9 Å². The zero-order valence-corrected chi connectivity index (χ0v) is 8.27. The van der Waals surface area contributed by atoms with Crippen LogP contribution in [0.25, 0.3) is 0 Å². The van der Waals surface area contributed by atoms with E-state index in [1.165, 1.54) is 16.7 Å². The van der Waals surface area contributed by atoms with Gasteiger partial charge in [0.1, 0.15) is 0 Å². The highest BCUT2D eigenvalue weighted by atomic mass is 32.1. The molecule has 2 nitrogen and oxygen atoms in total. The van der Waals surface area contributed by atoms with E-state index in [2.05, 4.69) is 39.0 Å². The van der Waals surface area contributed by atoms with E-state index in [0.717, 1.165) is 0 Å². The molecule has 3 heteroatoms. The lowest BCUT2D eigenvalue weighted by Crippen LogP contribution is -1.82. The molecule has 12 heavy (non-hydrogen) atoms. The van der Waals surface area contributed by atoms with Crippen molar-refractivity contribution in [2.45, 2.75) is 20.8 Å². The third kappa shape index (κ3) is 3.44. The highest BCUT2D eigenvalue weighted by Gasteiger charge is 1.91. The number of hydrogen-bond acceptors (Lipinski definition) is 2. The summed E-state index contributed by atoms with van der Waals surface area (Å²) in [6, 6.07) is 6.38. The van der Waals surface area contributed by atoms with Gasteiger partial charge in [-0.25, -0.2) is 0 Å². The summed E-state index contributed by atoms with van der Waals surface area (Å²) in [4.78, 5) is 0. The number of aryl methyl sites for hydroxylation is 2. The van der Waals surface area contributed by atoms with Crippen LogP contribution in [0.15, 0.2) is 18.2 Å². The van der Waals surface area contributed by atoms with Crippen LogP contribution in [-0.4, -0.2) is 8.42 Å². The van der Waals surface area contributed by atoms with Crippen LogP contribution in [0, 0.1) is 20.8 Å². The molecule has 0 aliphatic carbocycles. The van der Waals surface area contributed by atoms with E-state index in [0.29, 0.717) is 0 Å². The molecule has 1 aromatic rings. The smallest absolute Gasteiger partial charge is 0.168 e. The Labute approximate surface area is 76.2 Å². The van der Waals surface area contributed by atoms with Crippen molar-refractivity contribution in [1.82, 2.24) is 0 Å². The van der Waals surface area contributed by atoms with Gasteiger partial charge in [-0.05, 0) is 37.5 Å². The molecule has 1 rings (SSSR count). The van der Waals surface area contributed by atoms with Gasteiger partial charge in [-0.3, -0.25) is 0 Å². The molecule has 0 radical (unpaired) electrons. The molecule has 0 aliphatic rings. The monoisotopic (exact) mass is 184 g/mol. The van der Waals surface area contributed by atoms with Crippen LogP contribution in [0.1, 0.15) is 16.7 Å². The molecule has 0 atom stereocenters. The van der Waals surface area contributed by atoms with Gasteiger partial charge >= 0.3 is 11.6 Å². The molecule has 0 aromatic heterocycles. The van der Waals surface area contributed by atoms with Crippen molar-refractivity contribution in [3.8, 4) is 0 Å². The van der Waals surface area contributed by atoms with Crippen LogP contribution in [0.4, 0.5) is 0 Å². The van der Waals surface area contributed by atoms with Crippen molar-refractivity contribution in [3.63, 3.8) is 0 Å². The third-order valence-corrected chi connectivity index (χ3v) is 1.88. The highest BCUT2D eigenvalue weighted by molar-refractivity contribution is 7.51. The summed E-state index contributed by atoms with van der Waals surface area (Å²) in [5, 5.41) is 0. The third-order valence-electron chi connectivity index (χ3n) is 1.88. The fourth-order valence-corrected chi connectivity index (χ4v) is 0.898. The van der Waals surface area contributed by atoms with Crippen molar-refractivity contribution < 1.29 is 8.42 Å². The number of rotatable bonds is 0. The van der Waals surface area contributed by atoms with Gasteiger partial charge in [0.15, 0.2) is 0 Å². The van der Waals surface area contributed by atoms with Gasteiger partial charge in [-0.2, -0.15) is 8.42 Å². The van der Waals surface area contributed by atoms with Crippen LogP contribution in [0.3, 0.4) is 0 Å². The standard InChI is InChI=1S/C9H12.O2S/c1-7-5-4-6-8(2)9(7)3;1-3-2/h4-6H,1-3H3;. The first-order valence-electron chi connectivity index (χ1n) is 3.58. The first-order chi connectivity index (χ1) is 5.63. The van der Waals surface area contributed by atoms with E-state index in [1.54, 1.807) is 0 Å². The van der Waals surface area contributed by atoms with Gasteiger partial charge in [0.25, 0.3) is 0 Å². The topological polar surface area (TPSA) is 34.1 Å². The summed E-state index contributed by atoms with van der Waals surface area (Å²) in [5.41, 5.74) is 4.18. The Hall–Kier alpha value is -0.960. The number of benzene rings is 1. The van der Waals surface area contributed by atoms with E-state index in [4.69, 9.17) is 8.42 Å². The van der Waals surface area contributed by atoms with Crippen LogP contribution < -0.4 is 0 Å². The molecule has 66 valence electrons. The van der Waals surface area contributed by atoms with Gasteiger partial charge in [-0.1, -0.05) is 18.2 Å². The molecular formula is C9H12O2S. The van der Waals surface area contributed by atoms with Crippen LogP contribution in [0.2, 0.25) is 0 Å². The zero-order valence-electron chi connectivity index (χ0n) is 7.46. The maximum absolute atomic E-state index is 8.29. The molecule has 0 saturated heterocycles. The molecule has 0 saturated carbocycles. The second-order valence-electron chi connectivity index (χ2n) is 2.58. The Bertz CT molecular complexity index is 268. The van der Waals surface area contributed by atoms with Gasteiger partial charge in [-0.15, -0.1) is 0 Å². The summed E-state index contributed by atoms with van der Waals surface area (Å²) < 4.78 is 16.6. The Kier molecular flexibility index (Phi) is 5.21. The molecule has 0 N–H and O–H groups in total. The maximum Gasteiger partial charge on any atom is 0.335 e. The average molecular weight is 184 g/mol. The fraction of sp³-hybridized carbons (Fsp3) is 0.333. The van der Waals surface area contributed by atoms with Gasteiger partial charge < -0.3 is 0 Å². The summed E-state index contributed by atoms with van der Waals surface area (Å²) in [6.45, 7) is 6.44. The number of hydrogen-bond donors (Lipinski definition) is 0. The lowest BCUT2D eigenvalue weighted by atomic mass is 10.1. The predicted molar refractivity (Wildman–Crippen MR) is 49.6 cm³/mol. The van der Waals surface area contributed by atoms with Gasteiger partial charge in [0.05, 0.1) is 0 Å². The van der Waals surface area contributed by atoms with Crippen LogP contribution in [-0.2, 0) is 11.6 Å². The minimum absolute atomic E-state index is 0.750. The maximum atomic E-state index is 8.29. The van der Waals surface area contributed by atoms with Gasteiger partial charge in [0.2, 0.25) is 0 Å². The Morgan fingerprint density at radius 3 is 1.58 bits per heavy atom. The molecule has 0 aliphatic heterocycles. The normalized spacial score (nSPS) is 8.25. The minimum atomic E-state index is -0.750. The van der Waals surface area contributed by atoms with E-state index in [1.807, 2.05) is 0 Å². The highest BCUT2D eigenvalue weighted by Crippen LogP contribution is 2.09. The van der Waals surface area contributed by atoms with E-state index in [9.17, 15) is 0 Å². The van der Waals surface area contributed by atoms with Crippen molar-refractivity contribution in [1.29, 1.82) is 0 Å². The molecule has 0 bridgehead atoms. The lowest BCUT2D eigenvalue weighted by molar-refractivity contribution is 0.630. The molecule has 0 heterocycles. The van der Waals surface area contributed by atoms with Crippen LogP contribution >= 0.6 is 0 Å². The average Bonchev–Trinajstić information content (AvgIpc) is 2.02. The molecule has 0 amide bonds. The molecule has 1 aromatic carbocycles. The van der Waals surface area contributed by atoms with Crippen molar-refractivity contribution >= 4 is 11.6 Å². The fourth-order valence-electron chi connectivity index (χ4n) is 0.898. The summed E-state index contributed by atoms with van der Waals surface area (Å²) in [7, 11) is 0. The Morgan fingerprint density at radius 1 is 1.00 bits per heavy atom. The molecule has 0 fully saturated rings. The van der Waals surface area contributed by atoms with Gasteiger partial charge in [0, 0.05) is 0 Å². The zero-order chi connectivity index (χ0) is 9.56. The summed E-state index contributed by atoms with van der Waals surface area (Å²) >= 11 is -0.750. The van der Waals surface area contributed by atoms with E-state index >= 15 is 0 Å². The largest absolute Gasteiger partial charge is 0.335 e.